The number of aryl methyl sites for hydroxylation is 2. The van der Waals surface area contributed by atoms with Gasteiger partial charge in [0.05, 0.1) is 0 Å². The van der Waals surface area contributed by atoms with Crippen molar-refractivity contribution in [3.63, 3.8) is 0 Å². The molecule has 0 spiro atoms. The number of rotatable bonds is 8. The molecule has 0 saturated carbocycles. The van der Waals surface area contributed by atoms with E-state index in [9.17, 15) is 4.79 Å². The van der Waals surface area contributed by atoms with Gasteiger partial charge in [-0.3, -0.25) is 4.79 Å². The van der Waals surface area contributed by atoms with Crippen molar-refractivity contribution in [2.24, 2.45) is 0 Å². The van der Waals surface area contributed by atoms with Crippen LogP contribution in [0.3, 0.4) is 0 Å². The Bertz CT molecular complexity index is 463. The van der Waals surface area contributed by atoms with Crippen molar-refractivity contribution in [1.82, 2.24) is 10.2 Å². The number of piperidine rings is 1. The summed E-state index contributed by atoms with van der Waals surface area (Å²) >= 11 is 0. The molecule has 1 aliphatic heterocycles. The summed E-state index contributed by atoms with van der Waals surface area (Å²) in [5, 5.41) is 3.39. The molecule has 23 heavy (non-hydrogen) atoms. The van der Waals surface area contributed by atoms with Crippen LogP contribution < -0.4 is 5.32 Å². The van der Waals surface area contributed by atoms with E-state index in [1.165, 1.54) is 11.1 Å². The van der Waals surface area contributed by atoms with Gasteiger partial charge >= 0.3 is 0 Å². The number of hydrogen-bond acceptors (Lipinski definition) is 2. The first-order valence-electron chi connectivity index (χ1n) is 9.26. The topological polar surface area (TPSA) is 32.3 Å². The molecule has 1 aromatic rings. The molecule has 3 nitrogen and oxygen atoms in total. The highest BCUT2D eigenvalue weighted by atomic mass is 16.2. The van der Waals surface area contributed by atoms with Gasteiger partial charge in [0.15, 0.2) is 0 Å². The monoisotopic (exact) mass is 316 g/mol. The third-order valence-electron chi connectivity index (χ3n) is 4.76. The second-order valence-electron chi connectivity index (χ2n) is 6.76. The summed E-state index contributed by atoms with van der Waals surface area (Å²) in [6.45, 7) is 7.29. The Kier molecular flexibility index (Phi) is 7.60. The zero-order valence-electron chi connectivity index (χ0n) is 14.8. The Labute approximate surface area is 141 Å². The van der Waals surface area contributed by atoms with Crippen molar-refractivity contribution in [2.45, 2.75) is 64.8 Å². The molecular weight excluding hydrogens is 284 g/mol. The summed E-state index contributed by atoms with van der Waals surface area (Å²) < 4.78 is 0. The Balaban J connectivity index is 1.73. The number of carbonyl (C=O) groups is 1. The number of unbranched alkanes of at least 4 members (excludes halogenated alkanes) is 1. The van der Waals surface area contributed by atoms with E-state index in [4.69, 9.17) is 0 Å². The van der Waals surface area contributed by atoms with E-state index in [2.05, 4.69) is 48.3 Å². The summed E-state index contributed by atoms with van der Waals surface area (Å²) in [4.78, 5) is 14.8. The minimum atomic E-state index is 0.364. The number of amides is 1. The largest absolute Gasteiger partial charge is 0.340 e. The normalized spacial score (nSPS) is 15.6. The zero-order valence-corrected chi connectivity index (χ0v) is 14.8. The average molecular weight is 316 g/mol. The lowest BCUT2D eigenvalue weighted by atomic mass is 10.0. The molecule has 0 radical (unpaired) electrons. The number of hydrogen-bond donors (Lipinski definition) is 1. The van der Waals surface area contributed by atoms with Gasteiger partial charge in [-0.15, -0.1) is 0 Å². The van der Waals surface area contributed by atoms with Crippen LogP contribution in [0.1, 0.15) is 56.6 Å². The molecule has 0 atom stereocenters. The van der Waals surface area contributed by atoms with Crippen LogP contribution in [0.2, 0.25) is 0 Å². The fourth-order valence-electron chi connectivity index (χ4n) is 3.37. The van der Waals surface area contributed by atoms with Crippen molar-refractivity contribution in [1.29, 1.82) is 0 Å². The quantitative estimate of drug-likeness (QED) is 0.742. The number of nitrogens with one attached hydrogen (secondary N) is 1. The van der Waals surface area contributed by atoms with E-state index in [1.807, 2.05) is 0 Å². The molecular formula is C20H32N2O. The smallest absolute Gasteiger partial charge is 0.222 e. The van der Waals surface area contributed by atoms with Crippen molar-refractivity contribution < 1.29 is 4.79 Å². The highest BCUT2D eigenvalue weighted by molar-refractivity contribution is 5.76. The Hall–Kier alpha value is -1.35. The van der Waals surface area contributed by atoms with Crippen LogP contribution in [-0.2, 0) is 11.2 Å². The zero-order chi connectivity index (χ0) is 16.5. The van der Waals surface area contributed by atoms with Gasteiger partial charge in [0.1, 0.15) is 0 Å². The first-order chi connectivity index (χ1) is 11.2. The Morgan fingerprint density at radius 2 is 1.87 bits per heavy atom. The molecule has 1 heterocycles. The lowest BCUT2D eigenvalue weighted by Crippen LogP contribution is -2.46. The Morgan fingerprint density at radius 3 is 2.52 bits per heavy atom. The predicted molar refractivity (Wildman–Crippen MR) is 96.6 cm³/mol. The summed E-state index contributed by atoms with van der Waals surface area (Å²) in [6.07, 6.45) is 7.15. The molecule has 0 unspecified atom stereocenters. The van der Waals surface area contributed by atoms with Gasteiger partial charge in [0, 0.05) is 19.0 Å². The third-order valence-corrected chi connectivity index (χ3v) is 4.76. The minimum absolute atomic E-state index is 0.364. The predicted octanol–water partition coefficient (Wildman–Crippen LogP) is 3.70. The summed E-state index contributed by atoms with van der Waals surface area (Å²) in [6, 6.07) is 9.20. The molecule has 1 amide bonds. The maximum Gasteiger partial charge on any atom is 0.222 e. The summed E-state index contributed by atoms with van der Waals surface area (Å²) in [5.41, 5.74) is 2.69. The maximum absolute atomic E-state index is 12.6. The van der Waals surface area contributed by atoms with Crippen LogP contribution in [0.4, 0.5) is 0 Å². The lowest BCUT2D eigenvalue weighted by molar-refractivity contribution is -0.134. The number of benzene rings is 1. The maximum atomic E-state index is 12.6. The fraction of sp³-hybridized carbons (Fsp3) is 0.650. The van der Waals surface area contributed by atoms with Crippen molar-refractivity contribution >= 4 is 5.91 Å². The lowest BCUT2D eigenvalue weighted by Gasteiger charge is -2.34. The van der Waals surface area contributed by atoms with Crippen LogP contribution >= 0.6 is 0 Å². The van der Waals surface area contributed by atoms with E-state index in [1.54, 1.807) is 0 Å². The van der Waals surface area contributed by atoms with Gasteiger partial charge in [-0.25, -0.2) is 0 Å². The molecule has 0 aromatic heterocycles. The second kappa shape index (κ2) is 9.71. The molecule has 0 aliphatic carbocycles. The number of nitrogens with zero attached hydrogens (tertiary/aromatic N) is 1. The van der Waals surface area contributed by atoms with E-state index in [0.717, 1.165) is 58.2 Å². The van der Waals surface area contributed by atoms with Gasteiger partial charge in [0.2, 0.25) is 5.91 Å². The van der Waals surface area contributed by atoms with E-state index in [0.29, 0.717) is 18.4 Å². The van der Waals surface area contributed by atoms with Crippen molar-refractivity contribution in [3.8, 4) is 0 Å². The standard InChI is InChI=1S/C20H32N2O/c1-3-16-22(19-12-14-21-15-13-19)20(23)7-5-4-6-18-10-8-17(2)9-11-18/h8-11,19,21H,3-7,12-16H2,1-2H3. The van der Waals surface area contributed by atoms with Gasteiger partial charge in [-0.05, 0) is 64.1 Å². The van der Waals surface area contributed by atoms with Crippen LogP contribution in [0.5, 0.6) is 0 Å². The van der Waals surface area contributed by atoms with Gasteiger partial charge in [-0.2, -0.15) is 0 Å². The molecule has 1 aromatic carbocycles. The van der Waals surface area contributed by atoms with Crippen LogP contribution in [0, 0.1) is 6.92 Å². The van der Waals surface area contributed by atoms with Crippen LogP contribution in [0.25, 0.3) is 0 Å². The molecule has 1 saturated heterocycles. The van der Waals surface area contributed by atoms with E-state index >= 15 is 0 Å². The molecule has 2 rings (SSSR count). The highest BCUT2D eigenvalue weighted by Crippen LogP contribution is 2.16. The molecule has 128 valence electrons. The minimum Gasteiger partial charge on any atom is -0.340 e. The van der Waals surface area contributed by atoms with E-state index in [-0.39, 0.29) is 0 Å². The summed E-state index contributed by atoms with van der Waals surface area (Å²) in [5.74, 6) is 0.364. The van der Waals surface area contributed by atoms with Gasteiger partial charge < -0.3 is 10.2 Å². The third kappa shape index (κ3) is 5.98. The molecule has 1 N–H and O–H groups in total. The fourth-order valence-corrected chi connectivity index (χ4v) is 3.37. The molecule has 3 heteroatoms. The van der Waals surface area contributed by atoms with Crippen molar-refractivity contribution in [2.75, 3.05) is 19.6 Å². The van der Waals surface area contributed by atoms with Crippen molar-refractivity contribution in [3.05, 3.63) is 35.4 Å². The van der Waals surface area contributed by atoms with Crippen LogP contribution in [-0.4, -0.2) is 36.5 Å². The second-order valence-corrected chi connectivity index (χ2v) is 6.76. The highest BCUT2D eigenvalue weighted by Gasteiger charge is 2.23. The molecule has 0 bridgehead atoms. The van der Waals surface area contributed by atoms with E-state index < -0.39 is 0 Å². The van der Waals surface area contributed by atoms with Gasteiger partial charge in [-0.1, -0.05) is 36.8 Å². The summed E-state index contributed by atoms with van der Waals surface area (Å²) in [7, 11) is 0. The van der Waals surface area contributed by atoms with Crippen LogP contribution in [0.15, 0.2) is 24.3 Å². The first-order valence-corrected chi connectivity index (χ1v) is 9.26. The first kappa shape index (κ1) is 18.0. The average Bonchev–Trinajstić information content (AvgIpc) is 2.58. The number of carbonyl (C=O) groups excluding carboxylic acids is 1. The SMILES string of the molecule is CCCN(C(=O)CCCCc1ccc(C)cc1)C1CCNCC1. The molecule has 1 aliphatic rings. The molecule has 1 fully saturated rings. The van der Waals surface area contributed by atoms with Gasteiger partial charge in [0.25, 0.3) is 0 Å². The Morgan fingerprint density at radius 1 is 1.17 bits per heavy atom.